The zero-order valence-electron chi connectivity index (χ0n) is 16.1. The molecule has 0 bridgehead atoms. The highest BCUT2D eigenvalue weighted by atomic mass is 32.2. The van der Waals surface area contributed by atoms with Crippen molar-refractivity contribution in [3.63, 3.8) is 0 Å². The Kier molecular flexibility index (Phi) is 5.50. The van der Waals surface area contributed by atoms with Gasteiger partial charge in [0.25, 0.3) is 5.69 Å². The topological polar surface area (TPSA) is 114 Å². The monoisotopic (exact) mass is 420 g/mol. The van der Waals surface area contributed by atoms with Gasteiger partial charge in [0.05, 0.1) is 15.9 Å². The Bertz CT molecular complexity index is 964. The van der Waals surface area contributed by atoms with Gasteiger partial charge in [-0.05, 0) is 37.8 Å². The molecular formula is C18H24N6O4S. The smallest absolute Gasteiger partial charge is 0.293 e. The Morgan fingerprint density at radius 2 is 1.79 bits per heavy atom. The standard InChI is InChI=1S/C18H24N6O4S/c25-24(26)18-12-16(29(27,28)22-8-2-1-3-9-22)4-5-17(18)21-10-6-15(7-11-21)23-14-19-13-20-23/h4-5,12-15H,1-3,6-11H2. The highest BCUT2D eigenvalue weighted by molar-refractivity contribution is 7.89. The van der Waals surface area contributed by atoms with Gasteiger partial charge in [0.15, 0.2) is 0 Å². The van der Waals surface area contributed by atoms with Crippen LogP contribution < -0.4 is 4.90 Å². The summed E-state index contributed by atoms with van der Waals surface area (Å²) in [6.45, 7) is 2.19. The van der Waals surface area contributed by atoms with E-state index in [2.05, 4.69) is 10.1 Å². The van der Waals surface area contributed by atoms with Crippen LogP contribution in [0.4, 0.5) is 11.4 Å². The number of aromatic nitrogens is 3. The highest BCUT2D eigenvalue weighted by Crippen LogP contribution is 2.35. The molecule has 11 heteroatoms. The quantitative estimate of drug-likeness (QED) is 0.538. The molecule has 4 rings (SSSR count). The molecule has 2 aliphatic rings. The minimum Gasteiger partial charge on any atom is -0.366 e. The first-order valence-electron chi connectivity index (χ1n) is 9.84. The zero-order chi connectivity index (χ0) is 20.4. The molecule has 10 nitrogen and oxygen atoms in total. The van der Waals surface area contributed by atoms with Gasteiger partial charge in [-0.2, -0.15) is 9.40 Å². The van der Waals surface area contributed by atoms with Gasteiger partial charge in [-0.3, -0.25) is 10.1 Å². The Hall–Kier alpha value is -2.53. The van der Waals surface area contributed by atoms with Gasteiger partial charge in [0.1, 0.15) is 18.3 Å². The number of anilines is 1. The fourth-order valence-electron chi connectivity index (χ4n) is 4.11. The summed E-state index contributed by atoms with van der Waals surface area (Å²) >= 11 is 0. The number of sulfonamides is 1. The molecule has 0 N–H and O–H groups in total. The molecule has 0 aliphatic carbocycles. The third-order valence-corrected chi connectivity index (χ3v) is 7.61. The van der Waals surface area contributed by atoms with Crippen molar-refractivity contribution in [3.8, 4) is 0 Å². The van der Waals surface area contributed by atoms with E-state index in [0.717, 1.165) is 32.1 Å². The molecular weight excluding hydrogens is 396 g/mol. The average Bonchev–Trinajstić information content (AvgIpc) is 3.29. The maximum absolute atomic E-state index is 12.9. The van der Waals surface area contributed by atoms with Crippen molar-refractivity contribution in [2.24, 2.45) is 0 Å². The SMILES string of the molecule is O=[N+]([O-])c1cc(S(=O)(=O)N2CCCCC2)ccc1N1CCC(n2cncn2)CC1. The minimum atomic E-state index is -3.71. The lowest BCUT2D eigenvalue weighted by Gasteiger charge is -2.33. The van der Waals surface area contributed by atoms with Gasteiger partial charge in [0, 0.05) is 32.2 Å². The van der Waals surface area contributed by atoms with Crippen LogP contribution in [0.3, 0.4) is 0 Å². The maximum atomic E-state index is 12.9. The zero-order valence-corrected chi connectivity index (χ0v) is 16.9. The Labute approximate surface area is 169 Å². The van der Waals surface area contributed by atoms with Crippen molar-refractivity contribution in [1.82, 2.24) is 19.1 Å². The van der Waals surface area contributed by atoms with E-state index >= 15 is 0 Å². The summed E-state index contributed by atoms with van der Waals surface area (Å²) in [7, 11) is -3.71. The van der Waals surface area contributed by atoms with Gasteiger partial charge in [0.2, 0.25) is 10.0 Å². The van der Waals surface area contributed by atoms with Crippen LogP contribution in [-0.2, 0) is 10.0 Å². The lowest BCUT2D eigenvalue weighted by atomic mass is 10.0. The Morgan fingerprint density at radius 3 is 2.41 bits per heavy atom. The fraction of sp³-hybridized carbons (Fsp3) is 0.556. The summed E-state index contributed by atoms with van der Waals surface area (Å²) in [6.07, 6.45) is 7.40. The molecule has 2 aliphatic heterocycles. The molecule has 1 aromatic heterocycles. The molecule has 3 heterocycles. The van der Waals surface area contributed by atoms with Crippen molar-refractivity contribution in [1.29, 1.82) is 0 Å². The molecule has 0 amide bonds. The highest BCUT2D eigenvalue weighted by Gasteiger charge is 2.31. The number of nitro benzene ring substituents is 1. The van der Waals surface area contributed by atoms with Crippen LogP contribution in [-0.4, -0.2) is 58.6 Å². The summed E-state index contributed by atoms with van der Waals surface area (Å²) in [5.74, 6) is 0. The van der Waals surface area contributed by atoms with Crippen LogP contribution in [0, 0.1) is 10.1 Å². The molecule has 0 radical (unpaired) electrons. The van der Waals surface area contributed by atoms with Crippen LogP contribution >= 0.6 is 0 Å². The molecule has 2 saturated heterocycles. The molecule has 29 heavy (non-hydrogen) atoms. The van der Waals surface area contributed by atoms with E-state index in [9.17, 15) is 18.5 Å². The van der Waals surface area contributed by atoms with Gasteiger partial charge in [-0.25, -0.2) is 18.1 Å². The van der Waals surface area contributed by atoms with E-state index < -0.39 is 14.9 Å². The van der Waals surface area contributed by atoms with E-state index in [1.165, 1.54) is 22.8 Å². The first kappa shape index (κ1) is 19.8. The van der Waals surface area contributed by atoms with E-state index in [4.69, 9.17) is 0 Å². The van der Waals surface area contributed by atoms with Gasteiger partial charge < -0.3 is 4.90 Å². The van der Waals surface area contributed by atoms with Gasteiger partial charge in [-0.15, -0.1) is 0 Å². The van der Waals surface area contributed by atoms with Gasteiger partial charge >= 0.3 is 0 Å². The third-order valence-electron chi connectivity index (χ3n) is 5.71. The molecule has 0 saturated carbocycles. The molecule has 156 valence electrons. The van der Waals surface area contributed by atoms with E-state index in [0.29, 0.717) is 31.9 Å². The second-order valence-electron chi connectivity index (χ2n) is 7.47. The van der Waals surface area contributed by atoms with E-state index in [1.807, 2.05) is 9.58 Å². The fourth-order valence-corrected chi connectivity index (χ4v) is 5.65. The molecule has 2 fully saturated rings. The molecule has 0 atom stereocenters. The first-order chi connectivity index (χ1) is 14.0. The molecule has 0 spiro atoms. The van der Waals surface area contributed by atoms with Crippen molar-refractivity contribution >= 4 is 21.4 Å². The van der Waals surface area contributed by atoms with Crippen molar-refractivity contribution < 1.29 is 13.3 Å². The first-order valence-corrected chi connectivity index (χ1v) is 11.3. The summed E-state index contributed by atoms with van der Waals surface area (Å²) < 4.78 is 29.0. The average molecular weight is 420 g/mol. The summed E-state index contributed by atoms with van der Waals surface area (Å²) in [6, 6.07) is 4.50. The van der Waals surface area contributed by atoms with Crippen molar-refractivity contribution in [2.45, 2.75) is 43.0 Å². The third kappa shape index (κ3) is 3.97. The second kappa shape index (κ2) is 8.07. The Morgan fingerprint density at radius 1 is 1.07 bits per heavy atom. The van der Waals surface area contributed by atoms with Crippen molar-refractivity contribution in [2.75, 3.05) is 31.1 Å². The number of piperidine rings is 2. The minimum absolute atomic E-state index is 0.00708. The molecule has 1 aromatic carbocycles. The van der Waals surface area contributed by atoms with E-state index in [-0.39, 0.29) is 16.6 Å². The number of benzene rings is 1. The second-order valence-corrected chi connectivity index (χ2v) is 9.40. The lowest BCUT2D eigenvalue weighted by molar-refractivity contribution is -0.384. The van der Waals surface area contributed by atoms with Crippen LogP contribution in [0.1, 0.15) is 38.1 Å². The number of hydrogen-bond acceptors (Lipinski definition) is 7. The predicted octanol–water partition coefficient (Wildman–Crippen LogP) is 2.20. The Balaban J connectivity index is 1.56. The summed E-state index contributed by atoms with van der Waals surface area (Å²) in [5, 5.41) is 15.9. The number of nitro groups is 1. The largest absolute Gasteiger partial charge is 0.366 e. The summed E-state index contributed by atoms with van der Waals surface area (Å²) in [4.78, 5) is 17.1. The number of nitrogens with zero attached hydrogens (tertiary/aromatic N) is 6. The normalized spacial score (nSPS) is 19.4. The molecule has 2 aromatic rings. The van der Waals surface area contributed by atoms with Crippen LogP contribution in [0.5, 0.6) is 0 Å². The maximum Gasteiger partial charge on any atom is 0.293 e. The van der Waals surface area contributed by atoms with Crippen LogP contribution in [0.15, 0.2) is 35.7 Å². The van der Waals surface area contributed by atoms with Crippen molar-refractivity contribution in [3.05, 3.63) is 41.0 Å². The van der Waals surface area contributed by atoms with E-state index in [1.54, 1.807) is 12.4 Å². The number of hydrogen-bond donors (Lipinski definition) is 0. The van der Waals surface area contributed by atoms with Crippen LogP contribution in [0.25, 0.3) is 0 Å². The predicted molar refractivity (Wildman–Crippen MR) is 106 cm³/mol. The molecule has 0 unspecified atom stereocenters. The lowest BCUT2D eigenvalue weighted by Crippen LogP contribution is -2.36. The number of rotatable bonds is 5. The van der Waals surface area contributed by atoms with Gasteiger partial charge in [-0.1, -0.05) is 6.42 Å². The van der Waals surface area contributed by atoms with Crippen LogP contribution in [0.2, 0.25) is 0 Å². The summed E-state index contributed by atoms with van der Waals surface area (Å²) in [5.41, 5.74) is 0.298.